The molecule has 0 N–H and O–H groups in total. The molecular formula is C6H3N2OS. The van der Waals surface area contributed by atoms with Gasteiger partial charge in [-0.25, -0.2) is 0 Å². The summed E-state index contributed by atoms with van der Waals surface area (Å²) in [5, 5.41) is 11.0. The Bertz CT molecular complexity index is 255. The van der Waals surface area contributed by atoms with E-state index in [0.29, 0.717) is 5.89 Å². The lowest BCUT2D eigenvalue weighted by Crippen LogP contribution is -1.70. The molecule has 0 saturated heterocycles. The van der Waals surface area contributed by atoms with Crippen LogP contribution in [0.25, 0.3) is 11.5 Å². The molecular weight excluding hydrogens is 148 g/mol. The zero-order valence-electron chi connectivity index (χ0n) is 4.94. The Kier molecular flexibility index (Phi) is 1.25. The molecule has 0 amide bonds. The molecule has 0 bridgehead atoms. The van der Waals surface area contributed by atoms with Crippen molar-refractivity contribution in [2.24, 2.45) is 0 Å². The molecule has 0 aromatic carbocycles. The van der Waals surface area contributed by atoms with Gasteiger partial charge < -0.3 is 4.42 Å². The Morgan fingerprint density at radius 3 is 3.20 bits per heavy atom. The summed E-state index contributed by atoms with van der Waals surface area (Å²) in [6.07, 6.45) is 2.29. The first-order chi connectivity index (χ1) is 4.97. The van der Waals surface area contributed by atoms with Gasteiger partial charge in [0.2, 0.25) is 5.89 Å². The van der Waals surface area contributed by atoms with Crippen LogP contribution in [-0.2, 0) is 0 Å². The van der Waals surface area contributed by atoms with E-state index in [1.54, 1.807) is 11.3 Å². The first kappa shape index (κ1) is 5.61. The summed E-state index contributed by atoms with van der Waals surface area (Å²) < 4.78 is 4.84. The molecule has 2 aromatic rings. The van der Waals surface area contributed by atoms with Gasteiger partial charge in [0.25, 0.3) is 0 Å². The number of hydrogen-bond donors (Lipinski definition) is 0. The number of nitrogens with zero attached hydrogens (tertiary/aromatic N) is 2. The van der Waals surface area contributed by atoms with Crippen molar-refractivity contribution in [2.75, 3.05) is 0 Å². The highest BCUT2D eigenvalue weighted by atomic mass is 32.1. The third kappa shape index (κ3) is 0.823. The minimum atomic E-state index is 0.529. The van der Waals surface area contributed by atoms with E-state index < -0.39 is 0 Å². The molecule has 3 nitrogen and oxygen atoms in total. The topological polar surface area (TPSA) is 38.9 Å². The average molecular weight is 151 g/mol. The van der Waals surface area contributed by atoms with Crippen LogP contribution in [0.2, 0.25) is 0 Å². The second-order valence-electron chi connectivity index (χ2n) is 1.71. The smallest absolute Gasteiger partial charge is 0.306 e. The van der Waals surface area contributed by atoms with Crippen LogP contribution < -0.4 is 0 Å². The summed E-state index contributed by atoms with van der Waals surface area (Å²) in [6.45, 7) is 0. The Balaban J connectivity index is 2.48. The molecule has 0 spiro atoms. The fourth-order valence-corrected chi connectivity index (χ4v) is 1.28. The molecule has 2 heterocycles. The van der Waals surface area contributed by atoms with Crippen LogP contribution in [0.15, 0.2) is 21.2 Å². The Labute approximate surface area is 61.3 Å². The monoisotopic (exact) mass is 151 g/mol. The molecule has 2 rings (SSSR count). The van der Waals surface area contributed by atoms with Gasteiger partial charge in [-0.15, -0.1) is 10.2 Å². The van der Waals surface area contributed by atoms with E-state index in [9.17, 15) is 0 Å². The van der Waals surface area contributed by atoms with Crippen LogP contribution in [-0.4, -0.2) is 10.2 Å². The maximum Gasteiger partial charge on any atom is 0.306 e. The number of rotatable bonds is 1. The summed E-state index contributed by atoms with van der Waals surface area (Å²) in [6, 6.07) is 1.92. The highest BCUT2D eigenvalue weighted by molar-refractivity contribution is 7.08. The van der Waals surface area contributed by atoms with Crippen LogP contribution >= 0.6 is 11.3 Å². The second-order valence-corrected chi connectivity index (χ2v) is 2.49. The van der Waals surface area contributed by atoms with E-state index in [4.69, 9.17) is 4.42 Å². The van der Waals surface area contributed by atoms with Crippen molar-refractivity contribution >= 4 is 11.3 Å². The van der Waals surface area contributed by atoms with Crippen LogP contribution in [0.5, 0.6) is 0 Å². The summed E-state index contributed by atoms with van der Waals surface area (Å²) in [4.78, 5) is 0. The van der Waals surface area contributed by atoms with Gasteiger partial charge in [-0.2, -0.15) is 11.3 Å². The summed E-state index contributed by atoms with van der Waals surface area (Å²) in [5.74, 6) is 0.529. The van der Waals surface area contributed by atoms with Gasteiger partial charge in [0.1, 0.15) is 0 Å². The zero-order valence-corrected chi connectivity index (χ0v) is 5.76. The number of aromatic nitrogens is 2. The molecule has 49 valence electrons. The lowest BCUT2D eigenvalue weighted by Gasteiger charge is -1.81. The van der Waals surface area contributed by atoms with Crippen molar-refractivity contribution < 1.29 is 4.42 Å². The van der Waals surface area contributed by atoms with Gasteiger partial charge >= 0.3 is 6.39 Å². The Hall–Kier alpha value is -1.16. The van der Waals surface area contributed by atoms with E-state index in [1.165, 1.54) is 0 Å². The quantitative estimate of drug-likeness (QED) is 0.621. The van der Waals surface area contributed by atoms with Crippen LogP contribution in [0.4, 0.5) is 0 Å². The molecule has 0 fully saturated rings. The molecule has 0 atom stereocenters. The van der Waals surface area contributed by atoms with Crippen molar-refractivity contribution in [3.05, 3.63) is 23.2 Å². The first-order valence-electron chi connectivity index (χ1n) is 2.69. The first-order valence-corrected chi connectivity index (χ1v) is 3.63. The fourth-order valence-electron chi connectivity index (χ4n) is 0.653. The van der Waals surface area contributed by atoms with Gasteiger partial charge in [-0.05, 0) is 11.4 Å². The lowest BCUT2D eigenvalue weighted by atomic mass is 10.3. The minimum absolute atomic E-state index is 0.529. The molecule has 0 unspecified atom stereocenters. The number of thiophene rings is 1. The average Bonchev–Trinajstić information content (AvgIpc) is 2.59. The van der Waals surface area contributed by atoms with Crippen molar-refractivity contribution in [1.29, 1.82) is 0 Å². The molecule has 10 heavy (non-hydrogen) atoms. The van der Waals surface area contributed by atoms with Gasteiger partial charge in [-0.1, -0.05) is 0 Å². The van der Waals surface area contributed by atoms with Gasteiger partial charge in [-0.3, -0.25) is 0 Å². The molecule has 0 aliphatic carbocycles. The molecule has 0 aliphatic heterocycles. The highest BCUT2D eigenvalue weighted by Crippen LogP contribution is 2.18. The predicted octanol–water partition coefficient (Wildman–Crippen LogP) is 1.60. The van der Waals surface area contributed by atoms with E-state index in [1.807, 2.05) is 16.8 Å². The van der Waals surface area contributed by atoms with Crippen LogP contribution in [0.1, 0.15) is 0 Å². The largest absolute Gasteiger partial charge is 0.412 e. The van der Waals surface area contributed by atoms with Crippen molar-refractivity contribution in [1.82, 2.24) is 10.2 Å². The highest BCUT2D eigenvalue weighted by Gasteiger charge is 2.01. The maximum atomic E-state index is 4.84. The minimum Gasteiger partial charge on any atom is -0.412 e. The summed E-state index contributed by atoms with van der Waals surface area (Å²) in [7, 11) is 0. The third-order valence-electron chi connectivity index (χ3n) is 1.09. The van der Waals surface area contributed by atoms with E-state index in [-0.39, 0.29) is 0 Å². The standard InChI is InChI=1S/C6H3N2OS/c1-2-10-3-5(1)6-8-7-4-9-6/h1-3H. The van der Waals surface area contributed by atoms with Crippen molar-refractivity contribution in [3.63, 3.8) is 0 Å². The van der Waals surface area contributed by atoms with E-state index in [0.717, 1.165) is 5.56 Å². The van der Waals surface area contributed by atoms with Crippen molar-refractivity contribution in [2.45, 2.75) is 0 Å². The number of hydrogen-bond acceptors (Lipinski definition) is 4. The molecule has 0 aliphatic rings. The summed E-state index contributed by atoms with van der Waals surface area (Å²) >= 11 is 1.60. The molecule has 4 heteroatoms. The van der Waals surface area contributed by atoms with Gasteiger partial charge in [0, 0.05) is 10.9 Å². The lowest BCUT2D eigenvalue weighted by molar-refractivity contribution is 0.559. The Morgan fingerprint density at radius 1 is 1.60 bits per heavy atom. The second kappa shape index (κ2) is 2.22. The SMILES string of the molecule is [c]1nnc(-c2ccsc2)o1. The van der Waals surface area contributed by atoms with E-state index in [2.05, 4.69) is 16.6 Å². The fraction of sp³-hybridized carbons (Fsp3) is 0. The normalized spacial score (nSPS) is 10.0. The van der Waals surface area contributed by atoms with Gasteiger partial charge in [0.05, 0.1) is 0 Å². The maximum absolute atomic E-state index is 4.84. The third-order valence-corrected chi connectivity index (χ3v) is 1.78. The van der Waals surface area contributed by atoms with Gasteiger partial charge in [0.15, 0.2) is 0 Å². The van der Waals surface area contributed by atoms with Crippen LogP contribution in [0, 0.1) is 6.39 Å². The molecule has 2 aromatic heterocycles. The van der Waals surface area contributed by atoms with Crippen LogP contribution in [0.3, 0.4) is 0 Å². The predicted molar refractivity (Wildman–Crippen MR) is 36.4 cm³/mol. The molecule has 1 radical (unpaired) electrons. The van der Waals surface area contributed by atoms with Crippen molar-refractivity contribution in [3.8, 4) is 11.5 Å². The molecule has 0 saturated carbocycles. The van der Waals surface area contributed by atoms with E-state index >= 15 is 0 Å². The Morgan fingerprint density at radius 2 is 2.60 bits per heavy atom. The summed E-state index contributed by atoms with van der Waals surface area (Å²) in [5.41, 5.74) is 0.957. The zero-order chi connectivity index (χ0) is 6.81.